The van der Waals surface area contributed by atoms with Crippen molar-refractivity contribution in [1.29, 1.82) is 0 Å². The fourth-order valence-corrected chi connectivity index (χ4v) is 3.36. The second-order valence-electron chi connectivity index (χ2n) is 5.70. The van der Waals surface area contributed by atoms with Gasteiger partial charge in [0.25, 0.3) is 0 Å². The van der Waals surface area contributed by atoms with Gasteiger partial charge in [-0.05, 0) is 49.9 Å². The van der Waals surface area contributed by atoms with E-state index in [2.05, 4.69) is 6.92 Å². The quantitative estimate of drug-likeness (QED) is 0.636. The summed E-state index contributed by atoms with van der Waals surface area (Å²) in [6.45, 7) is 2.07. The van der Waals surface area contributed by atoms with E-state index in [9.17, 15) is 13.2 Å². The first-order valence-electron chi connectivity index (χ1n) is 6.50. The Bertz CT molecular complexity index is 231. The molecule has 94 valence electrons. The summed E-state index contributed by atoms with van der Waals surface area (Å²) in [7, 11) is 0. The summed E-state index contributed by atoms with van der Waals surface area (Å²) >= 11 is 0. The first-order chi connectivity index (χ1) is 7.58. The highest BCUT2D eigenvalue weighted by Crippen LogP contribution is 2.42. The molecule has 5 unspecified atom stereocenters. The minimum Gasteiger partial charge on any atom is -0.247 e. The van der Waals surface area contributed by atoms with Crippen LogP contribution in [0.3, 0.4) is 0 Å². The predicted octanol–water partition coefficient (Wildman–Crippen LogP) is 4.24. The molecule has 0 amide bonds. The van der Waals surface area contributed by atoms with E-state index in [-0.39, 0.29) is 24.7 Å². The molecule has 0 spiro atoms. The van der Waals surface area contributed by atoms with Crippen molar-refractivity contribution in [2.24, 2.45) is 17.8 Å². The Hall–Kier alpha value is -0.210. The van der Waals surface area contributed by atoms with Crippen molar-refractivity contribution in [2.75, 3.05) is 0 Å². The van der Waals surface area contributed by atoms with Gasteiger partial charge in [-0.3, -0.25) is 0 Å². The van der Waals surface area contributed by atoms with Crippen LogP contribution in [0.15, 0.2) is 0 Å². The molecule has 0 nitrogen and oxygen atoms in total. The van der Waals surface area contributed by atoms with Crippen LogP contribution in [0.1, 0.15) is 45.4 Å². The monoisotopic (exact) mass is 234 g/mol. The van der Waals surface area contributed by atoms with E-state index in [0.717, 1.165) is 12.8 Å². The van der Waals surface area contributed by atoms with E-state index in [1.165, 1.54) is 0 Å². The normalized spacial score (nSPS) is 50.2. The zero-order valence-corrected chi connectivity index (χ0v) is 9.84. The van der Waals surface area contributed by atoms with Crippen LogP contribution in [0, 0.1) is 17.8 Å². The molecule has 0 aliphatic heterocycles. The minimum absolute atomic E-state index is 0.0121. The summed E-state index contributed by atoms with van der Waals surface area (Å²) in [5.74, 6) is 0.511. The molecule has 2 fully saturated rings. The lowest BCUT2D eigenvalue weighted by Crippen LogP contribution is -2.37. The van der Waals surface area contributed by atoms with Crippen LogP contribution in [-0.4, -0.2) is 18.5 Å². The van der Waals surface area contributed by atoms with Crippen LogP contribution in [0.2, 0.25) is 0 Å². The topological polar surface area (TPSA) is 0 Å². The molecule has 0 heterocycles. The van der Waals surface area contributed by atoms with E-state index in [4.69, 9.17) is 0 Å². The maximum Gasteiger partial charge on any atom is 0.131 e. The molecule has 6 atom stereocenters. The van der Waals surface area contributed by atoms with Gasteiger partial charge in [0.05, 0.1) is 0 Å². The summed E-state index contributed by atoms with van der Waals surface area (Å²) < 4.78 is 40.2. The van der Waals surface area contributed by atoms with Gasteiger partial charge in [-0.15, -0.1) is 0 Å². The molecule has 0 aromatic carbocycles. The van der Waals surface area contributed by atoms with Gasteiger partial charge in [-0.25, -0.2) is 13.2 Å². The van der Waals surface area contributed by atoms with E-state index < -0.39 is 18.5 Å². The zero-order valence-electron chi connectivity index (χ0n) is 9.84. The lowest BCUT2D eigenvalue weighted by atomic mass is 9.70. The molecular formula is C13H21F3. The van der Waals surface area contributed by atoms with Crippen molar-refractivity contribution in [3.05, 3.63) is 0 Å². The molecule has 0 bridgehead atoms. The van der Waals surface area contributed by atoms with Crippen LogP contribution in [0.4, 0.5) is 13.2 Å². The van der Waals surface area contributed by atoms with Crippen molar-refractivity contribution in [2.45, 2.75) is 64.0 Å². The van der Waals surface area contributed by atoms with Gasteiger partial charge in [0.15, 0.2) is 0 Å². The maximum absolute atomic E-state index is 13.9. The summed E-state index contributed by atoms with van der Waals surface area (Å²) in [4.78, 5) is 0. The SMILES string of the molecule is C[C@@H]1CCC(C2CCC(F)C(F)C2)C(F)C1. The van der Waals surface area contributed by atoms with Crippen LogP contribution in [-0.2, 0) is 0 Å². The number of hydrogen-bond acceptors (Lipinski definition) is 0. The smallest absolute Gasteiger partial charge is 0.131 e. The lowest BCUT2D eigenvalue weighted by molar-refractivity contribution is 0.0211. The predicted molar refractivity (Wildman–Crippen MR) is 58.5 cm³/mol. The third kappa shape index (κ3) is 2.54. The van der Waals surface area contributed by atoms with Crippen molar-refractivity contribution in [1.82, 2.24) is 0 Å². The fraction of sp³-hybridized carbons (Fsp3) is 1.00. The van der Waals surface area contributed by atoms with E-state index in [1.807, 2.05) is 0 Å². The molecule has 0 aromatic rings. The molecular weight excluding hydrogens is 213 g/mol. The third-order valence-corrected chi connectivity index (χ3v) is 4.42. The summed E-state index contributed by atoms with van der Waals surface area (Å²) in [6, 6.07) is 0. The van der Waals surface area contributed by atoms with E-state index in [1.54, 1.807) is 0 Å². The molecule has 2 saturated carbocycles. The summed E-state index contributed by atoms with van der Waals surface area (Å²) in [6.07, 6.45) is 0.233. The first-order valence-corrected chi connectivity index (χ1v) is 6.50. The Morgan fingerprint density at radius 3 is 2.12 bits per heavy atom. The molecule has 0 radical (unpaired) electrons. The van der Waals surface area contributed by atoms with Crippen LogP contribution < -0.4 is 0 Å². The van der Waals surface area contributed by atoms with Crippen LogP contribution in [0.5, 0.6) is 0 Å². The van der Waals surface area contributed by atoms with Crippen LogP contribution >= 0.6 is 0 Å². The second kappa shape index (κ2) is 4.97. The Balaban J connectivity index is 1.92. The van der Waals surface area contributed by atoms with E-state index >= 15 is 0 Å². The Labute approximate surface area is 95.6 Å². The molecule has 3 heteroatoms. The van der Waals surface area contributed by atoms with Crippen molar-refractivity contribution in [3.63, 3.8) is 0 Å². The molecule has 0 aromatic heterocycles. The average Bonchev–Trinajstić information content (AvgIpc) is 2.22. The van der Waals surface area contributed by atoms with E-state index in [0.29, 0.717) is 18.8 Å². The Morgan fingerprint density at radius 1 is 0.750 bits per heavy atom. The standard InChI is InChI=1S/C13H21F3/c1-8-2-4-10(12(15)6-8)9-3-5-11(14)13(16)7-9/h8-13H,2-7H2,1H3/t8-,9?,10?,11?,12?,13?/m1/s1. The highest BCUT2D eigenvalue weighted by atomic mass is 19.2. The zero-order chi connectivity index (χ0) is 11.7. The first kappa shape index (κ1) is 12.3. The van der Waals surface area contributed by atoms with Crippen molar-refractivity contribution >= 4 is 0 Å². The number of rotatable bonds is 1. The highest BCUT2D eigenvalue weighted by molar-refractivity contribution is 4.89. The molecule has 2 aliphatic carbocycles. The van der Waals surface area contributed by atoms with Crippen molar-refractivity contribution < 1.29 is 13.2 Å². The number of alkyl halides is 3. The lowest BCUT2D eigenvalue weighted by Gasteiger charge is -2.38. The molecule has 0 N–H and O–H groups in total. The third-order valence-electron chi connectivity index (χ3n) is 4.42. The van der Waals surface area contributed by atoms with Crippen LogP contribution in [0.25, 0.3) is 0 Å². The summed E-state index contributed by atoms with van der Waals surface area (Å²) in [5, 5.41) is 0. The van der Waals surface area contributed by atoms with Gasteiger partial charge in [0.1, 0.15) is 18.5 Å². The van der Waals surface area contributed by atoms with Gasteiger partial charge >= 0.3 is 0 Å². The summed E-state index contributed by atoms with van der Waals surface area (Å²) in [5.41, 5.74) is 0. The molecule has 16 heavy (non-hydrogen) atoms. The highest BCUT2D eigenvalue weighted by Gasteiger charge is 2.39. The Kier molecular flexibility index (Phi) is 3.81. The second-order valence-corrected chi connectivity index (χ2v) is 5.70. The average molecular weight is 234 g/mol. The number of hydrogen-bond donors (Lipinski definition) is 0. The fourth-order valence-electron chi connectivity index (χ4n) is 3.36. The largest absolute Gasteiger partial charge is 0.247 e. The van der Waals surface area contributed by atoms with Gasteiger partial charge in [-0.2, -0.15) is 0 Å². The molecule has 2 rings (SSSR count). The van der Waals surface area contributed by atoms with Crippen molar-refractivity contribution in [3.8, 4) is 0 Å². The molecule has 0 saturated heterocycles. The maximum atomic E-state index is 13.9. The van der Waals surface area contributed by atoms with Gasteiger partial charge in [-0.1, -0.05) is 13.3 Å². The van der Waals surface area contributed by atoms with Gasteiger partial charge in [0.2, 0.25) is 0 Å². The molecule has 2 aliphatic rings. The number of halogens is 3. The minimum atomic E-state index is -1.36. The Morgan fingerprint density at radius 2 is 1.50 bits per heavy atom. The van der Waals surface area contributed by atoms with Gasteiger partial charge < -0.3 is 0 Å². The van der Waals surface area contributed by atoms with Gasteiger partial charge in [0, 0.05) is 0 Å².